The summed E-state index contributed by atoms with van der Waals surface area (Å²) in [5.74, 6) is -0.821. The summed E-state index contributed by atoms with van der Waals surface area (Å²) in [5, 5.41) is 0. The molecule has 106 valence electrons. The normalized spacial score (nSPS) is 11.2. The minimum absolute atomic E-state index is 0.262. The molecule has 1 aromatic heterocycles. The second kappa shape index (κ2) is 5.28. The molecule has 1 N–H and O–H groups in total. The number of hydrogen-bond donors (Lipinski definition) is 1. The fraction of sp³-hybridized carbons (Fsp3) is 0.154. The van der Waals surface area contributed by atoms with Crippen LogP contribution in [-0.2, 0) is 4.74 Å². The molecule has 0 aliphatic heterocycles. The molecule has 0 spiro atoms. The summed E-state index contributed by atoms with van der Waals surface area (Å²) in [4.78, 5) is 14.0. The van der Waals surface area contributed by atoms with Crippen LogP contribution in [0.2, 0.25) is 0 Å². The number of carbonyl (C=O) groups excluding carboxylic acids is 1. The van der Waals surface area contributed by atoms with Crippen molar-refractivity contribution in [2.45, 2.75) is 6.36 Å². The lowest BCUT2D eigenvalue weighted by Gasteiger charge is -2.08. The third kappa shape index (κ3) is 3.31. The van der Waals surface area contributed by atoms with Crippen molar-refractivity contribution in [2.24, 2.45) is 0 Å². The van der Waals surface area contributed by atoms with Crippen molar-refractivity contribution < 1.29 is 27.4 Å². The summed E-state index contributed by atoms with van der Waals surface area (Å²) in [6, 6.07) is 6.88. The van der Waals surface area contributed by atoms with Crippen LogP contribution in [0.3, 0.4) is 0 Å². The van der Waals surface area contributed by atoms with Gasteiger partial charge in [0.1, 0.15) is 11.4 Å². The lowest BCUT2D eigenvalue weighted by Crippen LogP contribution is -2.16. The molecule has 0 aliphatic rings. The molecule has 0 radical (unpaired) electrons. The van der Waals surface area contributed by atoms with Crippen LogP contribution in [0.25, 0.3) is 11.1 Å². The fourth-order valence-corrected chi connectivity index (χ4v) is 1.64. The summed E-state index contributed by atoms with van der Waals surface area (Å²) in [7, 11) is 1.26. The molecule has 0 saturated heterocycles. The number of H-pyrrole nitrogens is 1. The Balaban J connectivity index is 2.18. The number of benzene rings is 1. The average Bonchev–Trinajstić information content (AvgIpc) is 2.86. The van der Waals surface area contributed by atoms with Gasteiger partial charge < -0.3 is 14.5 Å². The van der Waals surface area contributed by atoms with Crippen LogP contribution in [0, 0.1) is 0 Å². The number of carbonyl (C=O) groups is 1. The maximum atomic E-state index is 12.0. The van der Waals surface area contributed by atoms with Crippen LogP contribution in [0.1, 0.15) is 10.5 Å². The molecule has 7 heteroatoms. The Hall–Kier alpha value is -2.44. The maximum absolute atomic E-state index is 12.0. The Bertz CT molecular complexity index is 602. The van der Waals surface area contributed by atoms with Crippen molar-refractivity contribution in [2.75, 3.05) is 7.11 Å². The maximum Gasteiger partial charge on any atom is 0.573 e. The van der Waals surface area contributed by atoms with Gasteiger partial charge in [-0.3, -0.25) is 0 Å². The van der Waals surface area contributed by atoms with E-state index in [1.807, 2.05) is 0 Å². The largest absolute Gasteiger partial charge is 0.573 e. The summed E-state index contributed by atoms with van der Waals surface area (Å²) < 4.78 is 44.4. The number of esters is 1. The standard InChI is InChI=1S/C13H10F3NO3/c1-19-12(18)11-6-9(7-17-11)8-2-4-10(5-3-8)20-13(14,15)16/h2-7,17H,1H3. The smallest absolute Gasteiger partial charge is 0.464 e. The number of methoxy groups -OCH3 is 1. The van der Waals surface area contributed by atoms with Crippen molar-refractivity contribution in [1.29, 1.82) is 0 Å². The highest BCUT2D eigenvalue weighted by Gasteiger charge is 2.30. The predicted octanol–water partition coefficient (Wildman–Crippen LogP) is 3.37. The van der Waals surface area contributed by atoms with Gasteiger partial charge in [0.25, 0.3) is 0 Å². The van der Waals surface area contributed by atoms with Gasteiger partial charge in [0.2, 0.25) is 0 Å². The first kappa shape index (κ1) is 14.0. The SMILES string of the molecule is COC(=O)c1cc(-c2ccc(OC(F)(F)F)cc2)c[nH]1. The van der Waals surface area contributed by atoms with E-state index < -0.39 is 12.3 Å². The number of hydrogen-bond acceptors (Lipinski definition) is 3. The van der Waals surface area contributed by atoms with E-state index in [-0.39, 0.29) is 11.4 Å². The first-order chi connectivity index (χ1) is 9.39. The predicted molar refractivity (Wildman–Crippen MR) is 64.3 cm³/mol. The third-order valence-corrected chi connectivity index (χ3v) is 2.51. The Morgan fingerprint density at radius 3 is 2.35 bits per heavy atom. The number of aromatic nitrogens is 1. The molecule has 0 unspecified atom stereocenters. The van der Waals surface area contributed by atoms with E-state index >= 15 is 0 Å². The van der Waals surface area contributed by atoms with Gasteiger partial charge >= 0.3 is 12.3 Å². The highest BCUT2D eigenvalue weighted by molar-refractivity contribution is 5.89. The van der Waals surface area contributed by atoms with Gasteiger partial charge in [-0.2, -0.15) is 0 Å². The lowest BCUT2D eigenvalue weighted by atomic mass is 10.1. The van der Waals surface area contributed by atoms with Gasteiger partial charge in [0.05, 0.1) is 7.11 Å². The van der Waals surface area contributed by atoms with Gasteiger partial charge in [0, 0.05) is 6.20 Å². The summed E-state index contributed by atoms with van der Waals surface area (Å²) >= 11 is 0. The van der Waals surface area contributed by atoms with Gasteiger partial charge in [-0.05, 0) is 29.3 Å². The van der Waals surface area contributed by atoms with Gasteiger partial charge in [-0.1, -0.05) is 12.1 Å². The van der Waals surface area contributed by atoms with Crippen LogP contribution >= 0.6 is 0 Å². The van der Waals surface area contributed by atoms with E-state index in [9.17, 15) is 18.0 Å². The minimum Gasteiger partial charge on any atom is -0.464 e. The highest BCUT2D eigenvalue weighted by atomic mass is 19.4. The van der Waals surface area contributed by atoms with E-state index in [0.29, 0.717) is 11.1 Å². The summed E-state index contributed by atoms with van der Waals surface area (Å²) in [6.45, 7) is 0. The quantitative estimate of drug-likeness (QED) is 0.880. The molecule has 0 aliphatic carbocycles. The molecule has 0 fully saturated rings. The van der Waals surface area contributed by atoms with Gasteiger partial charge in [-0.25, -0.2) is 4.79 Å². The topological polar surface area (TPSA) is 51.3 Å². The number of rotatable bonds is 3. The van der Waals surface area contributed by atoms with Crippen LogP contribution in [0.15, 0.2) is 36.5 Å². The highest BCUT2D eigenvalue weighted by Crippen LogP contribution is 2.26. The molecule has 1 heterocycles. The van der Waals surface area contributed by atoms with E-state index in [2.05, 4.69) is 14.5 Å². The summed E-state index contributed by atoms with van der Waals surface area (Å²) in [6.07, 6.45) is -3.15. The van der Waals surface area contributed by atoms with Crippen LogP contribution in [0.5, 0.6) is 5.75 Å². The molecule has 1 aromatic carbocycles. The zero-order valence-electron chi connectivity index (χ0n) is 10.3. The van der Waals surface area contributed by atoms with Crippen molar-refractivity contribution in [1.82, 2.24) is 4.98 Å². The van der Waals surface area contributed by atoms with E-state index in [1.54, 1.807) is 12.3 Å². The van der Waals surface area contributed by atoms with E-state index in [0.717, 1.165) is 0 Å². The molecule has 0 saturated carbocycles. The monoisotopic (exact) mass is 285 g/mol. The second-order valence-corrected chi connectivity index (χ2v) is 3.87. The Morgan fingerprint density at radius 2 is 1.80 bits per heavy atom. The third-order valence-electron chi connectivity index (χ3n) is 2.51. The van der Waals surface area contributed by atoms with Crippen molar-refractivity contribution >= 4 is 5.97 Å². The second-order valence-electron chi connectivity index (χ2n) is 3.87. The molecule has 0 amide bonds. The molecule has 0 atom stereocenters. The number of halogens is 3. The zero-order valence-corrected chi connectivity index (χ0v) is 10.3. The van der Waals surface area contributed by atoms with E-state index in [1.165, 1.54) is 31.4 Å². The van der Waals surface area contributed by atoms with Crippen molar-refractivity contribution in [3.63, 3.8) is 0 Å². The van der Waals surface area contributed by atoms with Gasteiger partial charge in [-0.15, -0.1) is 13.2 Å². The molecule has 2 aromatic rings. The number of aromatic amines is 1. The molecule has 2 rings (SSSR count). The first-order valence-electron chi connectivity index (χ1n) is 5.52. The number of nitrogens with one attached hydrogen (secondary N) is 1. The lowest BCUT2D eigenvalue weighted by molar-refractivity contribution is -0.274. The molecule has 4 nitrogen and oxygen atoms in total. The Labute approximate surface area is 112 Å². The number of alkyl halides is 3. The van der Waals surface area contributed by atoms with Crippen LogP contribution in [0.4, 0.5) is 13.2 Å². The Morgan fingerprint density at radius 1 is 1.15 bits per heavy atom. The van der Waals surface area contributed by atoms with E-state index in [4.69, 9.17) is 0 Å². The summed E-state index contributed by atoms with van der Waals surface area (Å²) in [5.41, 5.74) is 1.56. The van der Waals surface area contributed by atoms with Gasteiger partial charge in [0.15, 0.2) is 0 Å². The molecule has 0 bridgehead atoms. The minimum atomic E-state index is -4.71. The fourth-order valence-electron chi connectivity index (χ4n) is 1.64. The molecular weight excluding hydrogens is 275 g/mol. The van der Waals surface area contributed by atoms with Crippen LogP contribution < -0.4 is 4.74 Å². The van der Waals surface area contributed by atoms with Crippen LogP contribution in [-0.4, -0.2) is 24.4 Å². The zero-order chi connectivity index (χ0) is 14.8. The molecule has 20 heavy (non-hydrogen) atoms. The first-order valence-corrected chi connectivity index (χ1v) is 5.52. The molecular formula is C13H10F3NO3. The Kier molecular flexibility index (Phi) is 3.69. The van der Waals surface area contributed by atoms with Crippen molar-refractivity contribution in [3.8, 4) is 16.9 Å². The average molecular weight is 285 g/mol. The van der Waals surface area contributed by atoms with Crippen molar-refractivity contribution in [3.05, 3.63) is 42.2 Å². The number of ether oxygens (including phenoxy) is 2.